The third kappa shape index (κ3) is 5.90. The third-order valence-electron chi connectivity index (χ3n) is 3.38. The van der Waals surface area contributed by atoms with Gasteiger partial charge in [0.15, 0.2) is 0 Å². The predicted octanol–water partition coefficient (Wildman–Crippen LogP) is 1.53. The van der Waals surface area contributed by atoms with E-state index in [0.29, 0.717) is 18.4 Å². The fourth-order valence-corrected chi connectivity index (χ4v) is 2.63. The van der Waals surface area contributed by atoms with Gasteiger partial charge in [-0.1, -0.05) is 27.7 Å². The van der Waals surface area contributed by atoms with Gasteiger partial charge in [-0.2, -0.15) is 0 Å². The van der Waals surface area contributed by atoms with Crippen LogP contribution in [0, 0.1) is 17.8 Å². The molecule has 0 aromatic heterocycles. The Balaban J connectivity index is 2.37. The summed E-state index contributed by atoms with van der Waals surface area (Å²) in [5, 5.41) is 8.71. The Hall–Kier alpha value is -1.10. The van der Waals surface area contributed by atoms with E-state index in [1.54, 1.807) is 0 Å². The lowest BCUT2D eigenvalue weighted by molar-refractivity contribution is -0.140. The molecule has 1 N–H and O–H groups in total. The van der Waals surface area contributed by atoms with Crippen molar-refractivity contribution in [1.29, 1.82) is 0 Å². The lowest BCUT2D eigenvalue weighted by Crippen LogP contribution is -2.52. The van der Waals surface area contributed by atoms with E-state index in [1.165, 1.54) is 0 Å². The molecule has 0 radical (unpaired) electrons. The van der Waals surface area contributed by atoms with Crippen LogP contribution in [0.1, 0.15) is 34.1 Å². The topological polar surface area (TPSA) is 60.9 Å². The highest BCUT2D eigenvalue weighted by Crippen LogP contribution is 2.19. The van der Waals surface area contributed by atoms with Crippen LogP contribution in [-0.2, 0) is 9.59 Å². The van der Waals surface area contributed by atoms with Crippen LogP contribution in [0.2, 0.25) is 0 Å². The van der Waals surface area contributed by atoms with Crippen molar-refractivity contribution in [3.63, 3.8) is 0 Å². The monoisotopic (exact) mass is 284 g/mol. The van der Waals surface area contributed by atoms with Crippen molar-refractivity contribution < 1.29 is 14.7 Å². The van der Waals surface area contributed by atoms with Crippen molar-refractivity contribution in [2.24, 2.45) is 17.8 Å². The largest absolute Gasteiger partial charge is 0.481 e. The Kier molecular flexibility index (Phi) is 6.46. The summed E-state index contributed by atoms with van der Waals surface area (Å²) in [5.41, 5.74) is 0. The lowest BCUT2D eigenvalue weighted by atomic mass is 9.96. The van der Waals surface area contributed by atoms with Gasteiger partial charge in [0.1, 0.15) is 0 Å². The Morgan fingerprint density at radius 3 is 2.05 bits per heavy atom. The van der Waals surface area contributed by atoms with E-state index in [-0.39, 0.29) is 18.2 Å². The molecule has 5 heteroatoms. The van der Waals surface area contributed by atoms with Crippen molar-refractivity contribution in [2.45, 2.75) is 34.1 Å². The Bertz CT molecular complexity index is 326. The van der Waals surface area contributed by atoms with Gasteiger partial charge in [0.05, 0.1) is 13.0 Å². The quantitative estimate of drug-likeness (QED) is 0.734. The van der Waals surface area contributed by atoms with E-state index >= 15 is 0 Å². The minimum atomic E-state index is -0.748. The van der Waals surface area contributed by atoms with E-state index in [9.17, 15) is 9.59 Å². The summed E-state index contributed by atoms with van der Waals surface area (Å²) in [4.78, 5) is 26.9. The molecular weight excluding hydrogens is 256 g/mol. The van der Waals surface area contributed by atoms with Crippen LogP contribution in [-0.4, -0.2) is 59.5 Å². The number of carboxylic acids is 1. The summed E-state index contributed by atoms with van der Waals surface area (Å²) < 4.78 is 0. The third-order valence-corrected chi connectivity index (χ3v) is 3.38. The number of rotatable bonds is 8. The van der Waals surface area contributed by atoms with Crippen molar-refractivity contribution >= 4 is 11.9 Å². The SMILES string of the molecule is CC(C)CN(CC(C)C)C(=O)CN1CC(CC(=O)O)C1. The smallest absolute Gasteiger partial charge is 0.303 e. The first-order valence-corrected chi connectivity index (χ1v) is 7.49. The molecule has 116 valence electrons. The van der Waals surface area contributed by atoms with Crippen LogP contribution in [0.3, 0.4) is 0 Å². The molecule has 0 bridgehead atoms. The fraction of sp³-hybridized carbons (Fsp3) is 0.867. The molecule has 20 heavy (non-hydrogen) atoms. The normalized spacial score (nSPS) is 16.5. The summed E-state index contributed by atoms with van der Waals surface area (Å²) in [6.45, 7) is 12.0. The fourth-order valence-electron chi connectivity index (χ4n) is 2.63. The average Bonchev–Trinajstić information content (AvgIpc) is 2.23. The van der Waals surface area contributed by atoms with Gasteiger partial charge >= 0.3 is 5.97 Å². The first kappa shape index (κ1) is 17.0. The van der Waals surface area contributed by atoms with Gasteiger partial charge in [-0.25, -0.2) is 0 Å². The molecule has 0 saturated carbocycles. The number of carbonyl (C=O) groups excluding carboxylic acids is 1. The second-order valence-electron chi connectivity index (χ2n) is 6.74. The molecule has 1 aliphatic rings. The van der Waals surface area contributed by atoms with E-state index in [4.69, 9.17) is 5.11 Å². The summed E-state index contributed by atoms with van der Waals surface area (Å²) in [5.74, 6) is 0.565. The number of carbonyl (C=O) groups is 2. The van der Waals surface area contributed by atoms with Gasteiger partial charge in [0, 0.05) is 26.2 Å². The van der Waals surface area contributed by atoms with Crippen LogP contribution in [0.5, 0.6) is 0 Å². The van der Waals surface area contributed by atoms with Gasteiger partial charge in [0.2, 0.25) is 5.91 Å². The zero-order chi connectivity index (χ0) is 15.3. The molecule has 0 aromatic rings. The van der Waals surface area contributed by atoms with Crippen molar-refractivity contribution in [3.8, 4) is 0 Å². The molecule has 0 aliphatic carbocycles. The van der Waals surface area contributed by atoms with Crippen LogP contribution in [0.15, 0.2) is 0 Å². The zero-order valence-corrected chi connectivity index (χ0v) is 13.1. The lowest BCUT2D eigenvalue weighted by Gasteiger charge is -2.39. The number of hydrogen-bond donors (Lipinski definition) is 1. The second kappa shape index (κ2) is 7.62. The Labute approximate surface area is 121 Å². The Morgan fingerprint density at radius 1 is 1.15 bits per heavy atom. The number of aliphatic carboxylic acids is 1. The molecule has 1 amide bonds. The van der Waals surface area contributed by atoms with E-state index < -0.39 is 5.97 Å². The number of hydrogen-bond acceptors (Lipinski definition) is 3. The summed E-state index contributed by atoms with van der Waals surface area (Å²) in [6.07, 6.45) is 0.215. The van der Waals surface area contributed by atoms with Crippen molar-refractivity contribution in [2.75, 3.05) is 32.7 Å². The van der Waals surface area contributed by atoms with Crippen molar-refractivity contribution in [1.82, 2.24) is 9.80 Å². The molecule has 1 saturated heterocycles. The number of likely N-dealkylation sites (tertiary alicyclic amines) is 1. The predicted molar refractivity (Wildman–Crippen MR) is 78.4 cm³/mol. The van der Waals surface area contributed by atoms with Gasteiger partial charge in [-0.05, 0) is 17.8 Å². The molecular formula is C15H28N2O3. The first-order valence-electron chi connectivity index (χ1n) is 7.49. The average molecular weight is 284 g/mol. The molecule has 1 heterocycles. The highest BCUT2D eigenvalue weighted by atomic mass is 16.4. The van der Waals surface area contributed by atoms with Crippen LogP contribution in [0.25, 0.3) is 0 Å². The van der Waals surface area contributed by atoms with Crippen LogP contribution >= 0.6 is 0 Å². The molecule has 1 fully saturated rings. The first-order chi connectivity index (χ1) is 9.27. The molecule has 1 rings (SSSR count). The van der Waals surface area contributed by atoms with E-state index in [1.807, 2.05) is 9.80 Å². The maximum Gasteiger partial charge on any atom is 0.303 e. The standard InChI is InChI=1S/C15H28N2O3/c1-11(2)6-17(7-12(3)4)14(18)10-16-8-13(9-16)5-15(19)20/h11-13H,5-10H2,1-4H3,(H,19,20). The highest BCUT2D eigenvalue weighted by molar-refractivity contribution is 5.78. The molecule has 5 nitrogen and oxygen atoms in total. The molecule has 0 atom stereocenters. The second-order valence-corrected chi connectivity index (χ2v) is 6.74. The number of nitrogens with zero attached hydrogens (tertiary/aromatic N) is 2. The zero-order valence-electron chi connectivity index (χ0n) is 13.1. The van der Waals surface area contributed by atoms with E-state index in [0.717, 1.165) is 26.2 Å². The molecule has 0 aromatic carbocycles. The number of amides is 1. The highest BCUT2D eigenvalue weighted by Gasteiger charge is 2.31. The maximum absolute atomic E-state index is 12.3. The van der Waals surface area contributed by atoms with Gasteiger partial charge in [0.25, 0.3) is 0 Å². The van der Waals surface area contributed by atoms with Crippen LogP contribution in [0.4, 0.5) is 0 Å². The van der Waals surface area contributed by atoms with Gasteiger partial charge in [-0.3, -0.25) is 14.5 Å². The van der Waals surface area contributed by atoms with Crippen LogP contribution < -0.4 is 0 Å². The summed E-state index contributed by atoms with van der Waals surface area (Å²) in [7, 11) is 0. The van der Waals surface area contributed by atoms with E-state index in [2.05, 4.69) is 27.7 Å². The summed E-state index contributed by atoms with van der Waals surface area (Å²) in [6, 6.07) is 0. The molecule has 0 spiro atoms. The number of carboxylic acid groups (broad SMARTS) is 1. The van der Waals surface area contributed by atoms with Gasteiger partial charge < -0.3 is 10.0 Å². The molecule has 1 aliphatic heterocycles. The minimum Gasteiger partial charge on any atom is -0.481 e. The van der Waals surface area contributed by atoms with Crippen molar-refractivity contribution in [3.05, 3.63) is 0 Å². The Morgan fingerprint density at radius 2 is 1.65 bits per heavy atom. The van der Waals surface area contributed by atoms with Gasteiger partial charge in [-0.15, -0.1) is 0 Å². The summed E-state index contributed by atoms with van der Waals surface area (Å²) >= 11 is 0. The minimum absolute atomic E-state index is 0.168. The maximum atomic E-state index is 12.3. The molecule has 0 unspecified atom stereocenters.